The number of anilines is 2. The molecular weight excluding hydrogens is 307 g/mol. The molecule has 0 radical (unpaired) electrons. The highest BCUT2D eigenvalue weighted by molar-refractivity contribution is 7.94. The average molecular weight is 319 g/mol. The van der Waals surface area contributed by atoms with Crippen molar-refractivity contribution in [2.45, 2.75) is 12.3 Å². The van der Waals surface area contributed by atoms with E-state index in [0.717, 1.165) is 8.61 Å². The maximum Gasteiger partial charge on any atom is 0.508 e. The summed E-state index contributed by atoms with van der Waals surface area (Å²) in [5, 5.41) is 18.1. The molecule has 0 bridgehead atoms. The van der Waals surface area contributed by atoms with E-state index >= 15 is 0 Å². The molecule has 1 atom stereocenters. The molecule has 2 N–H and O–H groups in total. The van der Waals surface area contributed by atoms with E-state index in [1.807, 2.05) is 0 Å². The molecule has 1 aliphatic heterocycles. The molecule has 1 aromatic heterocycles. The van der Waals surface area contributed by atoms with Gasteiger partial charge < -0.3 is 10.0 Å². The molecule has 0 aromatic carbocycles. The van der Waals surface area contributed by atoms with Crippen LogP contribution in [0, 0.1) is 5.92 Å². The van der Waals surface area contributed by atoms with Gasteiger partial charge in [0.05, 0.1) is 11.3 Å². The van der Waals surface area contributed by atoms with Crippen LogP contribution in [0.2, 0.25) is 0 Å². The normalized spacial score (nSPS) is 24.9. The Bertz CT molecular complexity index is 700. The predicted molar refractivity (Wildman–Crippen MR) is 71.8 cm³/mol. The minimum Gasteiger partial charge on any atom is -0.422 e. The zero-order valence-electron chi connectivity index (χ0n) is 10.9. The average Bonchev–Trinajstić information content (AvgIpc) is 2.95. The lowest BCUT2D eigenvalue weighted by molar-refractivity contribution is 0.101. The van der Waals surface area contributed by atoms with Crippen molar-refractivity contribution in [1.29, 1.82) is 0 Å². The molecule has 114 valence electrons. The molecule has 1 saturated carbocycles. The van der Waals surface area contributed by atoms with E-state index in [1.54, 1.807) is 0 Å². The maximum absolute atomic E-state index is 13.0. The van der Waals surface area contributed by atoms with Gasteiger partial charge >= 0.3 is 17.3 Å². The third-order valence-corrected chi connectivity index (χ3v) is 5.44. The summed E-state index contributed by atoms with van der Waals surface area (Å²) in [4.78, 5) is 3.86. The SMILES string of the molecule is CN1c2nc(B(O)O)ccc2N(CC2CC2(F)F)S1(=O)=O. The highest BCUT2D eigenvalue weighted by Crippen LogP contribution is 2.51. The van der Waals surface area contributed by atoms with Crippen molar-refractivity contribution in [2.24, 2.45) is 5.92 Å². The van der Waals surface area contributed by atoms with Gasteiger partial charge in [-0.25, -0.2) is 22.4 Å². The first-order chi connectivity index (χ1) is 9.64. The number of rotatable bonds is 3. The van der Waals surface area contributed by atoms with Crippen LogP contribution in [0.4, 0.5) is 20.3 Å². The Hall–Kier alpha value is -1.46. The van der Waals surface area contributed by atoms with Crippen LogP contribution in [-0.4, -0.2) is 50.1 Å². The van der Waals surface area contributed by atoms with Crippen LogP contribution < -0.4 is 14.2 Å². The molecule has 1 aromatic rings. The number of hydrogen-bond donors (Lipinski definition) is 2. The number of aromatic nitrogens is 1. The Morgan fingerprint density at radius 1 is 1.48 bits per heavy atom. The molecule has 0 saturated heterocycles. The van der Waals surface area contributed by atoms with Gasteiger partial charge in [0.15, 0.2) is 5.82 Å². The van der Waals surface area contributed by atoms with Crippen molar-refractivity contribution in [3.05, 3.63) is 12.1 Å². The van der Waals surface area contributed by atoms with Gasteiger partial charge in [0, 0.05) is 25.9 Å². The Labute approximate surface area is 120 Å². The molecular formula is C10H12BF2N3O4S. The third kappa shape index (κ3) is 2.15. The predicted octanol–water partition coefficient (Wildman–Crippen LogP) is -1.08. The van der Waals surface area contributed by atoms with Crippen molar-refractivity contribution in [3.8, 4) is 0 Å². The van der Waals surface area contributed by atoms with E-state index in [1.165, 1.54) is 19.2 Å². The van der Waals surface area contributed by atoms with Crippen LogP contribution in [0.15, 0.2) is 12.1 Å². The monoisotopic (exact) mass is 319 g/mol. The lowest BCUT2D eigenvalue weighted by Crippen LogP contribution is -2.37. The van der Waals surface area contributed by atoms with E-state index in [0.29, 0.717) is 0 Å². The van der Waals surface area contributed by atoms with Crippen molar-refractivity contribution >= 4 is 34.4 Å². The largest absolute Gasteiger partial charge is 0.508 e. The van der Waals surface area contributed by atoms with E-state index in [9.17, 15) is 17.2 Å². The second kappa shape index (κ2) is 4.27. The quantitative estimate of drug-likeness (QED) is 0.691. The summed E-state index contributed by atoms with van der Waals surface area (Å²) in [6.07, 6.45) is -0.334. The molecule has 3 rings (SSSR count). The van der Waals surface area contributed by atoms with Gasteiger partial charge in [-0.15, -0.1) is 0 Å². The lowest BCUT2D eigenvalue weighted by atomic mass is 9.85. The molecule has 0 amide bonds. The zero-order chi connectivity index (χ0) is 15.6. The maximum atomic E-state index is 13.0. The van der Waals surface area contributed by atoms with Gasteiger partial charge in [-0.1, -0.05) is 0 Å². The molecule has 0 spiro atoms. The van der Waals surface area contributed by atoms with E-state index in [-0.39, 0.29) is 30.1 Å². The number of fused-ring (bicyclic) bond motifs is 1. The third-order valence-electron chi connectivity index (χ3n) is 3.67. The number of pyridine rings is 1. The van der Waals surface area contributed by atoms with E-state index in [2.05, 4.69) is 4.98 Å². The standard InChI is InChI=1S/C10H12BF2N3O4S/c1-15-9-7(2-3-8(14-9)11(17)18)16(21(15,19)20)5-6-4-10(6,12)13/h2-3,6,17-18H,4-5H2,1H3. The van der Waals surface area contributed by atoms with Gasteiger partial charge in [-0.3, -0.25) is 0 Å². The first kappa shape index (κ1) is 14.5. The van der Waals surface area contributed by atoms with Gasteiger partial charge in [0.1, 0.15) is 0 Å². The van der Waals surface area contributed by atoms with Crippen molar-refractivity contribution in [3.63, 3.8) is 0 Å². The van der Waals surface area contributed by atoms with Crippen LogP contribution in [0.1, 0.15) is 6.42 Å². The van der Waals surface area contributed by atoms with Crippen LogP contribution in [0.25, 0.3) is 0 Å². The Balaban J connectivity index is 1.99. The first-order valence-electron chi connectivity index (χ1n) is 6.16. The molecule has 1 aliphatic carbocycles. The molecule has 2 aliphatic rings. The van der Waals surface area contributed by atoms with Crippen LogP contribution >= 0.6 is 0 Å². The number of nitrogens with zero attached hydrogens (tertiary/aromatic N) is 3. The van der Waals surface area contributed by atoms with Crippen LogP contribution in [0.3, 0.4) is 0 Å². The molecule has 2 heterocycles. The lowest BCUT2D eigenvalue weighted by Gasteiger charge is -2.18. The van der Waals surface area contributed by atoms with Crippen molar-refractivity contribution in [2.75, 3.05) is 22.2 Å². The first-order valence-corrected chi connectivity index (χ1v) is 7.56. The fourth-order valence-electron chi connectivity index (χ4n) is 2.27. The topological polar surface area (TPSA) is 94.0 Å². The van der Waals surface area contributed by atoms with Gasteiger partial charge in [-0.2, -0.15) is 8.42 Å². The fourth-order valence-corrected chi connectivity index (χ4v) is 3.68. The molecule has 1 unspecified atom stereocenters. The zero-order valence-corrected chi connectivity index (χ0v) is 11.8. The summed E-state index contributed by atoms with van der Waals surface area (Å²) in [7, 11) is -4.57. The number of halogens is 2. The second-order valence-corrected chi connectivity index (χ2v) is 7.01. The minimum atomic E-state index is -3.97. The van der Waals surface area contributed by atoms with E-state index < -0.39 is 29.2 Å². The van der Waals surface area contributed by atoms with Crippen molar-refractivity contribution < 1.29 is 27.2 Å². The summed E-state index contributed by atoms with van der Waals surface area (Å²) < 4.78 is 52.3. The van der Waals surface area contributed by atoms with Crippen molar-refractivity contribution in [1.82, 2.24) is 4.98 Å². The second-order valence-electron chi connectivity index (χ2n) is 5.12. The molecule has 21 heavy (non-hydrogen) atoms. The summed E-state index contributed by atoms with van der Waals surface area (Å²) in [6.45, 7) is -0.324. The number of hydrogen-bond acceptors (Lipinski definition) is 5. The van der Waals surface area contributed by atoms with Gasteiger partial charge in [0.25, 0.3) is 5.92 Å². The highest BCUT2D eigenvalue weighted by Gasteiger charge is 2.59. The van der Waals surface area contributed by atoms with Crippen LogP contribution in [-0.2, 0) is 10.2 Å². The highest BCUT2D eigenvalue weighted by atomic mass is 32.2. The summed E-state index contributed by atoms with van der Waals surface area (Å²) in [6, 6.07) is 2.58. The Morgan fingerprint density at radius 2 is 2.10 bits per heavy atom. The summed E-state index contributed by atoms with van der Waals surface area (Å²) in [5.74, 6) is -3.84. The Morgan fingerprint density at radius 3 is 2.62 bits per heavy atom. The van der Waals surface area contributed by atoms with Crippen LogP contribution in [0.5, 0.6) is 0 Å². The molecule has 11 heteroatoms. The van der Waals surface area contributed by atoms with Gasteiger partial charge in [-0.05, 0) is 12.1 Å². The minimum absolute atomic E-state index is 0.00966. The summed E-state index contributed by atoms with van der Waals surface area (Å²) in [5.41, 5.74) is 0.0407. The molecule has 1 fully saturated rings. The fraction of sp³-hybridized carbons (Fsp3) is 0.500. The Kier molecular flexibility index (Phi) is 2.95. The molecule has 7 nitrogen and oxygen atoms in total. The number of alkyl halides is 2. The van der Waals surface area contributed by atoms with E-state index in [4.69, 9.17) is 10.0 Å². The summed E-state index contributed by atoms with van der Waals surface area (Å²) >= 11 is 0. The smallest absolute Gasteiger partial charge is 0.422 e. The van der Waals surface area contributed by atoms with Gasteiger partial charge in [0.2, 0.25) is 0 Å².